The van der Waals surface area contributed by atoms with E-state index in [0.29, 0.717) is 24.9 Å². The number of rotatable bonds is 5. The summed E-state index contributed by atoms with van der Waals surface area (Å²) in [7, 11) is 0. The van der Waals surface area contributed by atoms with Gasteiger partial charge >= 0.3 is 12.0 Å². The second kappa shape index (κ2) is 7.20. The minimum Gasteiger partial charge on any atom is -0.481 e. The lowest BCUT2D eigenvalue weighted by Crippen LogP contribution is -2.50. The second-order valence-electron chi connectivity index (χ2n) is 6.04. The van der Waals surface area contributed by atoms with Gasteiger partial charge in [0.15, 0.2) is 0 Å². The number of carboxylic acids is 1. The Kier molecular flexibility index (Phi) is 6.17. The highest BCUT2D eigenvalue weighted by atomic mass is 32.2. The molecule has 1 fully saturated rings. The van der Waals surface area contributed by atoms with Crippen molar-refractivity contribution < 1.29 is 14.7 Å². The standard InChI is InChI=1S/C14H26N2O3S/c1-10(20-4)8-15-13(19)16-7-5-6-11(9-16)14(2,3)12(17)18/h10-11H,5-9H2,1-4H3,(H,15,19)(H,17,18). The summed E-state index contributed by atoms with van der Waals surface area (Å²) in [6.07, 6.45) is 3.75. The highest BCUT2D eigenvalue weighted by molar-refractivity contribution is 7.99. The van der Waals surface area contributed by atoms with Crippen LogP contribution in [0.5, 0.6) is 0 Å². The summed E-state index contributed by atoms with van der Waals surface area (Å²) in [5.41, 5.74) is -0.786. The lowest BCUT2D eigenvalue weighted by molar-refractivity contribution is -0.151. The van der Waals surface area contributed by atoms with Gasteiger partial charge in [-0.3, -0.25) is 4.79 Å². The first kappa shape index (κ1) is 17.1. The van der Waals surface area contributed by atoms with E-state index in [1.165, 1.54) is 0 Å². The monoisotopic (exact) mass is 302 g/mol. The van der Waals surface area contributed by atoms with Crippen LogP contribution in [0.1, 0.15) is 33.6 Å². The molecule has 0 bridgehead atoms. The molecular formula is C14H26N2O3S. The van der Waals surface area contributed by atoms with Crippen LogP contribution < -0.4 is 5.32 Å². The Balaban J connectivity index is 2.56. The van der Waals surface area contributed by atoms with Crippen molar-refractivity contribution in [2.75, 3.05) is 25.9 Å². The number of nitrogens with zero attached hydrogens (tertiary/aromatic N) is 1. The molecule has 0 spiro atoms. The molecule has 0 saturated carbocycles. The number of aliphatic carboxylic acids is 1. The van der Waals surface area contributed by atoms with Crippen LogP contribution in [0.2, 0.25) is 0 Å². The summed E-state index contributed by atoms with van der Waals surface area (Å²) < 4.78 is 0. The number of nitrogens with one attached hydrogen (secondary N) is 1. The van der Waals surface area contributed by atoms with E-state index >= 15 is 0 Å². The molecule has 2 N–H and O–H groups in total. The Hall–Kier alpha value is -0.910. The third-order valence-corrected chi connectivity index (χ3v) is 5.19. The number of hydrogen-bond donors (Lipinski definition) is 2. The van der Waals surface area contributed by atoms with Crippen molar-refractivity contribution in [1.29, 1.82) is 0 Å². The van der Waals surface area contributed by atoms with Gasteiger partial charge in [-0.2, -0.15) is 11.8 Å². The average Bonchev–Trinajstić information content (AvgIpc) is 2.44. The molecule has 1 rings (SSSR count). The van der Waals surface area contributed by atoms with Crippen LogP contribution in [0.25, 0.3) is 0 Å². The van der Waals surface area contributed by atoms with Gasteiger partial charge in [-0.1, -0.05) is 6.92 Å². The van der Waals surface area contributed by atoms with Crippen LogP contribution in [0.3, 0.4) is 0 Å². The fourth-order valence-electron chi connectivity index (χ4n) is 2.35. The number of amides is 2. The van der Waals surface area contributed by atoms with Gasteiger partial charge in [-0.25, -0.2) is 4.79 Å². The van der Waals surface area contributed by atoms with Gasteiger partial charge in [-0.15, -0.1) is 0 Å². The Morgan fingerprint density at radius 3 is 2.70 bits per heavy atom. The van der Waals surface area contributed by atoms with Gasteiger partial charge in [0, 0.05) is 24.9 Å². The molecule has 0 radical (unpaired) electrons. The number of thioether (sulfide) groups is 1. The van der Waals surface area contributed by atoms with Gasteiger partial charge in [0.25, 0.3) is 0 Å². The second-order valence-corrected chi connectivity index (χ2v) is 7.32. The number of hydrogen-bond acceptors (Lipinski definition) is 3. The van der Waals surface area contributed by atoms with Crippen LogP contribution >= 0.6 is 11.8 Å². The maximum Gasteiger partial charge on any atom is 0.317 e. The molecule has 0 aliphatic carbocycles. The van der Waals surface area contributed by atoms with Gasteiger partial charge in [0.2, 0.25) is 0 Å². The van der Waals surface area contributed by atoms with Crippen molar-refractivity contribution in [3.8, 4) is 0 Å². The van der Waals surface area contributed by atoms with Crippen LogP contribution in [0, 0.1) is 11.3 Å². The Morgan fingerprint density at radius 2 is 2.15 bits per heavy atom. The minimum atomic E-state index is -0.791. The summed E-state index contributed by atoms with van der Waals surface area (Å²) in [5.74, 6) is -0.779. The average molecular weight is 302 g/mol. The number of urea groups is 1. The van der Waals surface area contributed by atoms with Gasteiger partial charge in [0.1, 0.15) is 0 Å². The number of carbonyl (C=O) groups excluding carboxylic acids is 1. The third kappa shape index (κ3) is 4.30. The topological polar surface area (TPSA) is 69.6 Å². The third-order valence-electron chi connectivity index (χ3n) is 4.22. The maximum atomic E-state index is 12.1. The summed E-state index contributed by atoms with van der Waals surface area (Å²) in [6.45, 7) is 7.44. The first-order chi connectivity index (χ1) is 9.28. The summed E-state index contributed by atoms with van der Waals surface area (Å²) in [6, 6.07) is -0.0724. The first-order valence-electron chi connectivity index (χ1n) is 7.08. The molecule has 5 nitrogen and oxygen atoms in total. The molecule has 20 heavy (non-hydrogen) atoms. The van der Waals surface area contributed by atoms with E-state index in [4.69, 9.17) is 0 Å². The SMILES string of the molecule is CSC(C)CNC(=O)N1CCCC(C(C)(C)C(=O)O)C1. The normalized spacial score (nSPS) is 21.4. The molecule has 0 aromatic carbocycles. The molecule has 1 saturated heterocycles. The molecule has 2 atom stereocenters. The summed E-state index contributed by atoms with van der Waals surface area (Å²) in [5, 5.41) is 12.6. The van der Waals surface area contributed by atoms with Crippen molar-refractivity contribution in [1.82, 2.24) is 10.2 Å². The smallest absolute Gasteiger partial charge is 0.317 e. The van der Waals surface area contributed by atoms with E-state index in [9.17, 15) is 14.7 Å². The number of piperidine rings is 1. The quantitative estimate of drug-likeness (QED) is 0.817. The molecule has 2 amide bonds. The van der Waals surface area contributed by atoms with E-state index in [1.54, 1.807) is 30.5 Å². The molecule has 0 aromatic rings. The van der Waals surface area contributed by atoms with E-state index in [0.717, 1.165) is 12.8 Å². The van der Waals surface area contributed by atoms with Crippen molar-refractivity contribution in [3.63, 3.8) is 0 Å². The van der Waals surface area contributed by atoms with E-state index in [2.05, 4.69) is 12.2 Å². The molecule has 1 aliphatic heterocycles. The van der Waals surface area contributed by atoms with Gasteiger partial charge < -0.3 is 15.3 Å². The summed E-state index contributed by atoms with van der Waals surface area (Å²) >= 11 is 1.71. The zero-order valence-corrected chi connectivity index (χ0v) is 13.6. The van der Waals surface area contributed by atoms with Gasteiger partial charge in [0.05, 0.1) is 5.41 Å². The molecular weight excluding hydrogens is 276 g/mol. The number of likely N-dealkylation sites (tertiary alicyclic amines) is 1. The predicted octanol–water partition coefficient (Wildman–Crippen LogP) is 2.27. The van der Waals surface area contributed by atoms with Crippen LogP contribution in [-0.2, 0) is 4.79 Å². The fourth-order valence-corrected chi connectivity index (χ4v) is 2.60. The molecule has 116 valence electrons. The molecule has 2 unspecified atom stereocenters. The number of carbonyl (C=O) groups is 2. The molecule has 6 heteroatoms. The van der Waals surface area contributed by atoms with Crippen LogP contribution in [-0.4, -0.2) is 53.1 Å². The fraction of sp³-hybridized carbons (Fsp3) is 0.857. The zero-order valence-electron chi connectivity index (χ0n) is 12.8. The highest BCUT2D eigenvalue weighted by Gasteiger charge is 2.39. The lowest BCUT2D eigenvalue weighted by Gasteiger charge is -2.39. The first-order valence-corrected chi connectivity index (χ1v) is 8.36. The molecule has 1 heterocycles. The predicted molar refractivity (Wildman–Crippen MR) is 82.1 cm³/mol. The Labute approximate surface area is 125 Å². The molecule has 0 aromatic heterocycles. The van der Waals surface area contributed by atoms with Crippen molar-refractivity contribution in [3.05, 3.63) is 0 Å². The molecule has 1 aliphatic rings. The van der Waals surface area contributed by atoms with Crippen molar-refractivity contribution in [2.24, 2.45) is 11.3 Å². The highest BCUT2D eigenvalue weighted by Crippen LogP contribution is 2.34. The lowest BCUT2D eigenvalue weighted by atomic mass is 9.74. The van der Waals surface area contributed by atoms with Crippen molar-refractivity contribution in [2.45, 2.75) is 38.9 Å². The minimum absolute atomic E-state index is 0.0115. The van der Waals surface area contributed by atoms with E-state index < -0.39 is 11.4 Å². The Morgan fingerprint density at radius 1 is 1.50 bits per heavy atom. The van der Waals surface area contributed by atoms with Crippen molar-refractivity contribution >= 4 is 23.8 Å². The van der Waals surface area contributed by atoms with E-state index in [-0.39, 0.29) is 11.9 Å². The zero-order chi connectivity index (χ0) is 15.3. The maximum absolute atomic E-state index is 12.1. The largest absolute Gasteiger partial charge is 0.481 e. The summed E-state index contributed by atoms with van der Waals surface area (Å²) in [4.78, 5) is 25.2. The van der Waals surface area contributed by atoms with E-state index in [1.807, 2.05) is 6.26 Å². The Bertz CT molecular complexity index is 360. The number of carboxylic acid groups (broad SMARTS) is 1. The van der Waals surface area contributed by atoms with Crippen LogP contribution in [0.15, 0.2) is 0 Å². The van der Waals surface area contributed by atoms with Crippen LogP contribution in [0.4, 0.5) is 4.79 Å². The van der Waals surface area contributed by atoms with Gasteiger partial charge in [-0.05, 0) is 38.9 Å².